The van der Waals surface area contributed by atoms with Crippen LogP contribution in [0.3, 0.4) is 0 Å². The average molecular weight is 434 g/mol. The smallest absolute Gasteiger partial charge is 0.226 e. The van der Waals surface area contributed by atoms with Crippen molar-refractivity contribution in [2.24, 2.45) is 11.3 Å². The summed E-state index contributed by atoms with van der Waals surface area (Å²) in [6.07, 6.45) is 11.3. The second-order valence-electron chi connectivity index (χ2n) is 9.44. The highest BCUT2D eigenvalue weighted by atomic mass is 16.2. The van der Waals surface area contributed by atoms with Gasteiger partial charge in [-0.3, -0.25) is 14.6 Å². The van der Waals surface area contributed by atoms with Gasteiger partial charge in [0, 0.05) is 38.4 Å². The number of amides is 2. The quantitative estimate of drug-likeness (QED) is 0.693. The van der Waals surface area contributed by atoms with Crippen LogP contribution < -0.4 is 5.32 Å². The van der Waals surface area contributed by atoms with Gasteiger partial charge in [0.2, 0.25) is 11.8 Å². The minimum atomic E-state index is -0.483. The first-order valence-corrected chi connectivity index (χ1v) is 12.2. The molecule has 1 N–H and O–H groups in total. The maximum atomic E-state index is 13.3. The van der Waals surface area contributed by atoms with E-state index in [0.717, 1.165) is 11.1 Å². The van der Waals surface area contributed by atoms with E-state index in [2.05, 4.69) is 22.4 Å². The molecule has 5 nitrogen and oxygen atoms in total. The van der Waals surface area contributed by atoms with E-state index >= 15 is 0 Å². The van der Waals surface area contributed by atoms with Crippen LogP contribution in [0.4, 0.5) is 0 Å². The number of nitrogens with one attached hydrogen (secondary N) is 1. The fourth-order valence-corrected chi connectivity index (χ4v) is 5.46. The van der Waals surface area contributed by atoms with Crippen LogP contribution in [-0.2, 0) is 16.0 Å². The topological polar surface area (TPSA) is 62.3 Å². The highest BCUT2D eigenvalue weighted by molar-refractivity contribution is 5.84. The summed E-state index contributed by atoms with van der Waals surface area (Å²) in [6, 6.07) is 12.4. The lowest BCUT2D eigenvalue weighted by molar-refractivity contribution is -0.141. The van der Waals surface area contributed by atoms with E-state index in [0.29, 0.717) is 51.2 Å². The molecule has 2 aliphatic rings. The average Bonchev–Trinajstić information content (AvgIpc) is 3.33. The summed E-state index contributed by atoms with van der Waals surface area (Å²) >= 11 is 0. The first-order chi connectivity index (χ1) is 15.6. The molecule has 2 aromatic rings. The molecule has 1 aromatic heterocycles. The number of aromatic nitrogens is 1. The van der Waals surface area contributed by atoms with E-state index < -0.39 is 5.41 Å². The molecule has 1 aliphatic carbocycles. The molecule has 1 aliphatic heterocycles. The van der Waals surface area contributed by atoms with Crippen LogP contribution in [0.5, 0.6) is 0 Å². The molecule has 0 atom stereocenters. The summed E-state index contributed by atoms with van der Waals surface area (Å²) in [4.78, 5) is 32.3. The van der Waals surface area contributed by atoms with Crippen LogP contribution in [0.15, 0.2) is 48.8 Å². The van der Waals surface area contributed by atoms with Crippen molar-refractivity contribution in [3.8, 4) is 11.1 Å². The second kappa shape index (κ2) is 10.3. The first kappa shape index (κ1) is 22.5. The molecule has 0 unspecified atom stereocenters. The molecule has 4 rings (SSSR count). The number of nitrogens with zero attached hydrogens (tertiary/aromatic N) is 2. The minimum Gasteiger partial charge on any atom is -0.356 e. The van der Waals surface area contributed by atoms with Crippen molar-refractivity contribution in [3.05, 3.63) is 54.4 Å². The molecule has 0 radical (unpaired) electrons. The Morgan fingerprint density at radius 1 is 1.06 bits per heavy atom. The molecule has 2 heterocycles. The number of piperidine rings is 1. The van der Waals surface area contributed by atoms with E-state index in [4.69, 9.17) is 0 Å². The maximum Gasteiger partial charge on any atom is 0.226 e. The number of carbonyl (C=O) groups is 2. The van der Waals surface area contributed by atoms with E-state index in [-0.39, 0.29) is 11.8 Å². The summed E-state index contributed by atoms with van der Waals surface area (Å²) in [5, 5.41) is 3.09. The zero-order valence-corrected chi connectivity index (χ0v) is 19.2. The molecule has 1 saturated carbocycles. The van der Waals surface area contributed by atoms with Gasteiger partial charge in [-0.05, 0) is 73.8 Å². The van der Waals surface area contributed by atoms with Gasteiger partial charge in [0.15, 0.2) is 0 Å². The van der Waals surface area contributed by atoms with Gasteiger partial charge in [-0.15, -0.1) is 0 Å². The Morgan fingerprint density at radius 3 is 2.44 bits per heavy atom. The van der Waals surface area contributed by atoms with Crippen molar-refractivity contribution >= 4 is 11.8 Å². The number of carbonyl (C=O) groups excluding carboxylic acids is 2. The Balaban J connectivity index is 1.52. The Kier molecular flexibility index (Phi) is 7.23. The largest absolute Gasteiger partial charge is 0.356 e. The fourth-order valence-electron chi connectivity index (χ4n) is 5.46. The normalized spacial score (nSPS) is 18.5. The molecular formula is C27H35N3O2. The lowest BCUT2D eigenvalue weighted by Crippen LogP contribution is -2.51. The summed E-state index contributed by atoms with van der Waals surface area (Å²) in [5.41, 5.74) is 2.96. The van der Waals surface area contributed by atoms with Crippen molar-refractivity contribution in [1.29, 1.82) is 0 Å². The fraction of sp³-hybridized carbons (Fsp3) is 0.519. The highest BCUT2D eigenvalue weighted by Gasteiger charge is 2.42. The van der Waals surface area contributed by atoms with Crippen molar-refractivity contribution < 1.29 is 9.59 Å². The first-order valence-electron chi connectivity index (χ1n) is 12.2. The Labute approximate surface area is 191 Å². The van der Waals surface area contributed by atoms with Crippen molar-refractivity contribution in [3.63, 3.8) is 0 Å². The molecule has 0 bridgehead atoms. The van der Waals surface area contributed by atoms with Crippen molar-refractivity contribution in [2.75, 3.05) is 19.6 Å². The van der Waals surface area contributed by atoms with Gasteiger partial charge in [0.1, 0.15) is 0 Å². The van der Waals surface area contributed by atoms with Crippen LogP contribution >= 0.6 is 0 Å². The monoisotopic (exact) mass is 433 g/mol. The predicted octanol–water partition coefficient (Wildman–Crippen LogP) is 4.62. The highest BCUT2D eigenvalue weighted by Crippen LogP contribution is 2.39. The molecule has 5 heteroatoms. The standard InChI is InChI=1S/C27H35N3O2/c1-2-29-26(32)27(13-17-30(18-14-27)25(31)19-21-7-3-4-8-21)20-23-9-5-6-10-24(23)22-11-15-28-16-12-22/h5-6,9-12,15-16,21H,2-4,7-8,13-14,17-20H2,1H3,(H,29,32). The Morgan fingerprint density at radius 2 is 1.75 bits per heavy atom. The third-order valence-corrected chi connectivity index (χ3v) is 7.37. The SMILES string of the molecule is CCNC(=O)C1(Cc2ccccc2-c2ccncc2)CCN(C(=O)CC2CCCC2)CC1. The summed E-state index contributed by atoms with van der Waals surface area (Å²) in [6.45, 7) is 3.92. The van der Waals surface area contributed by atoms with E-state index in [1.54, 1.807) is 12.4 Å². The molecule has 0 spiro atoms. The van der Waals surface area contributed by atoms with Crippen molar-refractivity contribution in [2.45, 2.75) is 58.3 Å². The third-order valence-electron chi connectivity index (χ3n) is 7.37. The van der Waals surface area contributed by atoms with Gasteiger partial charge in [-0.25, -0.2) is 0 Å². The number of hydrogen-bond donors (Lipinski definition) is 1. The number of benzene rings is 1. The van der Waals surface area contributed by atoms with Gasteiger partial charge in [-0.1, -0.05) is 37.1 Å². The Bertz CT molecular complexity index is 914. The molecule has 1 aromatic carbocycles. The summed E-state index contributed by atoms with van der Waals surface area (Å²) in [7, 11) is 0. The zero-order chi connectivity index (χ0) is 22.4. The molecule has 1 saturated heterocycles. The molecule has 2 fully saturated rings. The van der Waals surface area contributed by atoms with Crippen LogP contribution in [0, 0.1) is 11.3 Å². The van der Waals surface area contributed by atoms with Gasteiger partial charge < -0.3 is 10.2 Å². The summed E-state index contributed by atoms with van der Waals surface area (Å²) in [5.74, 6) is 0.954. The van der Waals surface area contributed by atoms with E-state index in [1.165, 1.54) is 31.2 Å². The maximum absolute atomic E-state index is 13.3. The minimum absolute atomic E-state index is 0.118. The van der Waals surface area contributed by atoms with E-state index in [9.17, 15) is 9.59 Å². The third kappa shape index (κ3) is 5.03. The molecular weight excluding hydrogens is 398 g/mol. The summed E-state index contributed by atoms with van der Waals surface area (Å²) < 4.78 is 0. The van der Waals surface area contributed by atoms with Crippen molar-refractivity contribution in [1.82, 2.24) is 15.2 Å². The number of likely N-dealkylation sites (tertiary alicyclic amines) is 1. The lowest BCUT2D eigenvalue weighted by atomic mass is 9.72. The number of pyridine rings is 1. The zero-order valence-electron chi connectivity index (χ0n) is 19.2. The number of rotatable bonds is 7. The van der Waals surface area contributed by atoms with Gasteiger partial charge >= 0.3 is 0 Å². The van der Waals surface area contributed by atoms with Crippen LogP contribution in [0.25, 0.3) is 11.1 Å². The van der Waals surface area contributed by atoms with Gasteiger partial charge in [0.05, 0.1) is 5.41 Å². The molecule has 2 amide bonds. The predicted molar refractivity (Wildman–Crippen MR) is 127 cm³/mol. The molecule has 170 valence electrons. The second-order valence-corrected chi connectivity index (χ2v) is 9.44. The number of hydrogen-bond acceptors (Lipinski definition) is 3. The van der Waals surface area contributed by atoms with Gasteiger partial charge in [-0.2, -0.15) is 0 Å². The van der Waals surface area contributed by atoms with Gasteiger partial charge in [0.25, 0.3) is 0 Å². The Hall–Kier alpha value is -2.69. The van der Waals surface area contributed by atoms with Crippen LogP contribution in [-0.4, -0.2) is 41.3 Å². The molecule has 32 heavy (non-hydrogen) atoms. The van der Waals surface area contributed by atoms with Crippen LogP contribution in [0.2, 0.25) is 0 Å². The lowest BCUT2D eigenvalue weighted by Gasteiger charge is -2.41. The van der Waals surface area contributed by atoms with Crippen LogP contribution in [0.1, 0.15) is 57.4 Å². The van der Waals surface area contributed by atoms with E-state index in [1.807, 2.05) is 36.1 Å².